The van der Waals surface area contributed by atoms with Gasteiger partial charge in [0.25, 0.3) is 19.1 Å². The molecule has 6 N–H and O–H groups in total. The molecule has 13 rings (SSSR count). The summed E-state index contributed by atoms with van der Waals surface area (Å²) in [6, 6.07) is 30.2. The molecular weight excluding hydrogens is 1440 g/mol. The van der Waals surface area contributed by atoms with Gasteiger partial charge in [-0.3, -0.25) is 14.8 Å². The number of anilines is 3. The van der Waals surface area contributed by atoms with E-state index in [1.165, 1.54) is 100 Å². The first-order valence-corrected chi connectivity index (χ1v) is 36.5. The number of aromatic carboxylic acids is 1. The van der Waals surface area contributed by atoms with E-state index in [-0.39, 0.29) is 52.2 Å². The van der Waals surface area contributed by atoms with Gasteiger partial charge in [-0.25, -0.2) is 55.3 Å². The smallest absolute Gasteiger partial charge is 0.417 e. The average molecular weight is 1520 g/mol. The van der Waals surface area contributed by atoms with E-state index in [0.717, 1.165) is 76.5 Å². The SMILES string of the molecule is C.C1CCOC1.CC(C)(C)OC(=O)N1CCc2cccc(C(=O)O)c2C1.COc1ccc(C=O)c(C)c1.COc1ccc(CN(c2ncns2)S(=O)(=O)c2ccc3[nH]c(=O)oc3c2)c(C)c1.COc1ccc(CNc2ncns2)c(C)c1.Nc1ncns1.O=c1[nH]c2ccc(S(=O)(=O)Cl)cc2o1. The monoisotopic (exact) mass is 1520 g/mol. The molecule has 544 valence electrons. The molecule has 2 aliphatic rings. The number of aldehydes is 1. The van der Waals surface area contributed by atoms with Crippen LogP contribution in [0.3, 0.4) is 0 Å². The molecule has 6 aromatic carbocycles. The third-order valence-corrected chi connectivity index (χ3v) is 19.4. The van der Waals surface area contributed by atoms with Crippen LogP contribution in [0.4, 0.5) is 20.2 Å². The lowest BCUT2D eigenvalue weighted by Crippen LogP contribution is -2.40. The van der Waals surface area contributed by atoms with Crippen LogP contribution in [0.5, 0.6) is 17.2 Å². The van der Waals surface area contributed by atoms with E-state index < -0.39 is 48.2 Å². The summed E-state index contributed by atoms with van der Waals surface area (Å²) in [4.78, 5) is 73.9. The number of carboxylic acid groups (broad SMARTS) is 1. The Bertz CT molecular complexity index is 4880. The molecule has 1 amide bonds. The Morgan fingerprint density at radius 2 is 1.27 bits per heavy atom. The highest BCUT2D eigenvalue weighted by Gasteiger charge is 2.30. The Hall–Kier alpha value is -10.1. The number of ether oxygens (including phenoxy) is 5. The average Bonchev–Trinajstić information content (AvgIpc) is 1.41. The van der Waals surface area contributed by atoms with E-state index >= 15 is 0 Å². The third-order valence-electron chi connectivity index (χ3n) is 14.4. The number of carbonyl (C=O) groups is 3. The van der Waals surface area contributed by atoms with Crippen molar-refractivity contribution in [2.75, 3.05) is 56.4 Å². The van der Waals surface area contributed by atoms with Gasteiger partial charge in [0.05, 0.1) is 60.8 Å². The van der Waals surface area contributed by atoms with Crippen molar-refractivity contribution < 1.29 is 68.8 Å². The Morgan fingerprint density at radius 3 is 1.75 bits per heavy atom. The van der Waals surface area contributed by atoms with Crippen molar-refractivity contribution in [3.8, 4) is 17.2 Å². The van der Waals surface area contributed by atoms with Gasteiger partial charge < -0.3 is 53.6 Å². The number of oxazole rings is 2. The van der Waals surface area contributed by atoms with Gasteiger partial charge in [0.15, 0.2) is 16.3 Å². The lowest BCUT2D eigenvalue weighted by atomic mass is 9.95. The molecule has 0 saturated carbocycles. The number of halogens is 1. The summed E-state index contributed by atoms with van der Waals surface area (Å²) < 4.78 is 96.7. The largest absolute Gasteiger partial charge is 0.497 e. The Labute approximate surface area is 604 Å². The first-order valence-electron chi connectivity index (χ1n) is 30.4. The summed E-state index contributed by atoms with van der Waals surface area (Å²) in [7, 11) is 2.17. The zero-order chi connectivity index (χ0) is 73.4. The number of aromatic nitrogens is 8. The van der Waals surface area contributed by atoms with Gasteiger partial charge in [-0.1, -0.05) is 31.7 Å². The van der Waals surface area contributed by atoms with Crippen molar-refractivity contribution in [2.24, 2.45) is 0 Å². The molecule has 0 aliphatic carbocycles. The number of benzene rings is 6. The van der Waals surface area contributed by atoms with Crippen LogP contribution in [0, 0.1) is 20.8 Å². The number of sulfonamides is 1. The van der Waals surface area contributed by atoms with Gasteiger partial charge in [0.2, 0.25) is 10.3 Å². The predicted octanol–water partition coefficient (Wildman–Crippen LogP) is 12.2. The summed E-state index contributed by atoms with van der Waals surface area (Å²) in [6.07, 6.45) is 7.93. The van der Waals surface area contributed by atoms with Gasteiger partial charge >= 0.3 is 23.6 Å². The molecule has 1 saturated heterocycles. The van der Waals surface area contributed by atoms with Crippen molar-refractivity contribution in [3.63, 3.8) is 0 Å². The Morgan fingerprint density at radius 1 is 0.725 bits per heavy atom. The topological polar surface area (TPSA) is 400 Å². The van der Waals surface area contributed by atoms with Crippen LogP contribution in [0.15, 0.2) is 156 Å². The van der Waals surface area contributed by atoms with Crippen molar-refractivity contribution in [3.05, 3.63) is 199 Å². The minimum Gasteiger partial charge on any atom is -0.497 e. The maximum absolute atomic E-state index is 13.4. The first-order chi connectivity index (χ1) is 48.1. The van der Waals surface area contributed by atoms with Crippen LogP contribution in [-0.2, 0) is 54.6 Å². The molecule has 2 aliphatic heterocycles. The number of nitrogens with two attached hydrogens (primary N) is 1. The summed E-state index contributed by atoms with van der Waals surface area (Å²) >= 11 is 3.53. The normalized spacial score (nSPS) is 12.1. The van der Waals surface area contributed by atoms with Gasteiger partial charge in [-0.05, 0) is 173 Å². The van der Waals surface area contributed by atoms with Crippen LogP contribution in [0.25, 0.3) is 22.2 Å². The number of nitrogen functional groups attached to an aromatic ring is 1. The molecule has 1 fully saturated rings. The second-order valence-corrected chi connectivity index (χ2v) is 29.3. The molecule has 0 radical (unpaired) electrons. The molecule has 11 aromatic rings. The summed E-state index contributed by atoms with van der Waals surface area (Å²) in [5, 5.41) is 14.0. The fourth-order valence-electron chi connectivity index (χ4n) is 9.23. The van der Waals surface area contributed by atoms with E-state index in [0.29, 0.717) is 46.0 Å². The number of carbonyl (C=O) groups excluding carboxylic acids is 2. The molecule has 0 unspecified atom stereocenters. The van der Waals surface area contributed by atoms with Crippen LogP contribution in [0.2, 0.25) is 0 Å². The summed E-state index contributed by atoms with van der Waals surface area (Å²) in [6.45, 7) is 14.9. The van der Waals surface area contributed by atoms with Crippen LogP contribution in [0.1, 0.15) is 101 Å². The first kappa shape index (κ1) is 80.9. The Balaban J connectivity index is 0.000000198. The molecular formula is C67H77ClN12O17S5. The summed E-state index contributed by atoms with van der Waals surface area (Å²) in [5.41, 5.74) is 13.5. The number of rotatable bonds is 14. The predicted molar refractivity (Wildman–Crippen MR) is 391 cm³/mol. The van der Waals surface area contributed by atoms with Crippen LogP contribution < -0.4 is 41.1 Å². The minimum absolute atomic E-state index is 0. The number of nitrogens with one attached hydrogen (secondary N) is 3. The standard InChI is InChI=1S/C18H16N4O5S2.C15H19NO4.C11H13N3OS.C9H10O2.C7H4ClNO4S.C4H8O.C2H3N3S.CH4/c1-11-7-13(26-2)4-3-12(11)9-22(17-19-10-20-28-17)29(24,25)14-5-6-15-16(8-14)27-18(23)21-15;1-15(2,3)20-14(19)16-8-7-10-5-4-6-11(13(17)18)12(10)9-16;1-8-5-10(15-2)4-3-9(8)6-12-11-13-7-14-16-11;1-7-5-9(11-2)4-3-8(7)6-10;8-14(11,12)4-1-2-5-6(3-4)13-7(10)9-5;1-2-4-5-3-1;3-2-4-1-5-6-2;/h3-8,10H,9H2,1-2H3,(H,21,23);4-6H,7-9H2,1-3H3,(H,17,18);3-5,7H,6H2,1-2H3,(H,12,13,14);3-6H,1-2H3;1-3H,(H,9,10);1-4H2;1H,(H2,3,4,5);1H4. The lowest BCUT2D eigenvalue weighted by molar-refractivity contribution is 0.0221. The van der Waals surface area contributed by atoms with Gasteiger partial charge in [0.1, 0.15) is 48.1 Å². The molecule has 0 atom stereocenters. The van der Waals surface area contributed by atoms with Crippen molar-refractivity contribution in [1.29, 1.82) is 0 Å². The molecule has 5 aromatic heterocycles. The van der Waals surface area contributed by atoms with E-state index in [1.54, 1.807) is 62.9 Å². The highest BCUT2D eigenvalue weighted by Crippen LogP contribution is 2.31. The highest BCUT2D eigenvalue weighted by atomic mass is 35.7. The van der Waals surface area contributed by atoms with Gasteiger partial charge in [-0.2, -0.15) is 13.1 Å². The molecule has 0 bridgehead atoms. The lowest BCUT2D eigenvalue weighted by Gasteiger charge is -2.31. The van der Waals surface area contributed by atoms with Gasteiger partial charge in [0, 0.05) is 89.3 Å². The minimum atomic E-state index is -4.00. The zero-order valence-corrected chi connectivity index (χ0v) is 61.0. The number of amides is 1. The summed E-state index contributed by atoms with van der Waals surface area (Å²) in [5.74, 6) is 0.108. The third kappa shape index (κ3) is 24.0. The number of hydrogen-bond donors (Lipinski definition) is 5. The quantitative estimate of drug-likeness (QED) is 0.0498. The van der Waals surface area contributed by atoms with Crippen molar-refractivity contribution in [2.45, 2.75) is 103 Å². The highest BCUT2D eigenvalue weighted by molar-refractivity contribution is 8.13. The molecule has 0 spiro atoms. The maximum atomic E-state index is 13.4. The number of fused-ring (bicyclic) bond motifs is 3. The van der Waals surface area contributed by atoms with Gasteiger partial charge in [-0.15, -0.1) is 0 Å². The molecule has 7 heterocycles. The molecule has 35 heteroatoms. The van der Waals surface area contributed by atoms with E-state index in [4.69, 9.17) is 44.5 Å². The van der Waals surface area contributed by atoms with Crippen LogP contribution in [-0.4, -0.2) is 130 Å². The number of hydrogen-bond acceptors (Lipinski definition) is 27. The van der Waals surface area contributed by atoms with E-state index in [9.17, 15) is 45.9 Å². The van der Waals surface area contributed by atoms with E-state index in [2.05, 4.69) is 60.8 Å². The number of H-pyrrole nitrogens is 2. The second kappa shape index (κ2) is 38.1. The zero-order valence-electron chi connectivity index (χ0n) is 56.1. The number of aromatic amines is 2. The maximum Gasteiger partial charge on any atom is 0.417 e. The van der Waals surface area contributed by atoms with E-state index in [1.807, 2.05) is 71.0 Å². The van der Waals surface area contributed by atoms with Crippen LogP contribution >= 0.6 is 45.3 Å². The fraction of sp³-hybridized carbons (Fsp3) is 0.299. The number of nitrogens with zero attached hydrogens (tertiary/aromatic N) is 8. The number of aryl methyl sites for hydroxylation is 3. The van der Waals surface area contributed by atoms with Crippen molar-refractivity contribution in [1.82, 2.24) is 42.9 Å². The second-order valence-electron chi connectivity index (χ2n) is 22.5. The van der Waals surface area contributed by atoms with Crippen molar-refractivity contribution >= 4 is 120 Å². The number of methoxy groups -OCH3 is 3. The molecule has 29 nitrogen and oxygen atoms in total. The molecule has 102 heavy (non-hydrogen) atoms. The number of carboxylic acids is 1. The Kier molecular flexibility index (Phi) is 30.2. The fourth-order valence-corrected chi connectivity index (χ4v) is 12.9.